The van der Waals surface area contributed by atoms with Gasteiger partial charge in [-0.2, -0.15) is 0 Å². The van der Waals surface area contributed by atoms with Gasteiger partial charge in [-0.25, -0.2) is 4.98 Å². The molecule has 0 bridgehead atoms. The van der Waals surface area contributed by atoms with E-state index in [-0.39, 0.29) is 6.42 Å². The van der Waals surface area contributed by atoms with Crippen molar-refractivity contribution in [1.29, 1.82) is 0 Å². The molecule has 0 amide bonds. The molecule has 2 heterocycles. The van der Waals surface area contributed by atoms with Crippen LogP contribution in [0.2, 0.25) is 5.02 Å². The highest BCUT2D eigenvalue weighted by Gasteiger charge is 2.19. The summed E-state index contributed by atoms with van der Waals surface area (Å²) in [5, 5.41) is 11.1. The van der Waals surface area contributed by atoms with Gasteiger partial charge in [0, 0.05) is 27.9 Å². The van der Waals surface area contributed by atoms with Crippen LogP contribution in [-0.4, -0.2) is 28.2 Å². The van der Waals surface area contributed by atoms with Crippen LogP contribution in [-0.2, 0) is 11.2 Å². The second kappa shape index (κ2) is 9.49. The standard InChI is InChI=1S/C28H21ClN2O3S/c1-16-10-24-27(26(23(16)13-25(32)33)17-6-8-21(29)9-7-17)35-28(31-24)19-5-3-4-18(11-19)20-12-22(34-2)15-30-14-20/h3-12,14-15H,13H2,1-2H3,(H,32,33). The zero-order valence-corrected chi connectivity index (χ0v) is 20.7. The van der Waals surface area contributed by atoms with Crippen LogP contribution in [0, 0.1) is 6.92 Å². The molecule has 174 valence electrons. The molecule has 0 unspecified atom stereocenters. The fraction of sp³-hybridized carbons (Fsp3) is 0.107. The molecule has 1 N–H and O–H groups in total. The van der Waals surface area contributed by atoms with Gasteiger partial charge in [0.2, 0.25) is 0 Å². The molecule has 2 aromatic heterocycles. The van der Waals surface area contributed by atoms with Gasteiger partial charge in [0.25, 0.3) is 0 Å². The minimum Gasteiger partial charge on any atom is -0.495 e. The van der Waals surface area contributed by atoms with Crippen molar-refractivity contribution >= 4 is 39.1 Å². The Balaban J connectivity index is 1.68. The van der Waals surface area contributed by atoms with Gasteiger partial charge in [-0.15, -0.1) is 11.3 Å². The van der Waals surface area contributed by atoms with Crippen LogP contribution in [0.1, 0.15) is 11.1 Å². The molecule has 0 spiro atoms. The average molecular weight is 501 g/mol. The maximum Gasteiger partial charge on any atom is 0.307 e. The Morgan fingerprint density at radius 3 is 2.51 bits per heavy atom. The third-order valence-corrected chi connectivity index (χ3v) is 7.25. The summed E-state index contributed by atoms with van der Waals surface area (Å²) in [6.45, 7) is 1.94. The Kier molecular flexibility index (Phi) is 6.24. The minimum absolute atomic E-state index is 0.0642. The number of hydrogen-bond donors (Lipinski definition) is 1. The largest absolute Gasteiger partial charge is 0.495 e. The minimum atomic E-state index is -0.869. The van der Waals surface area contributed by atoms with Crippen molar-refractivity contribution in [2.75, 3.05) is 7.11 Å². The number of fused-ring (bicyclic) bond motifs is 1. The lowest BCUT2D eigenvalue weighted by atomic mass is 9.93. The molecule has 0 saturated heterocycles. The van der Waals surface area contributed by atoms with Gasteiger partial charge in [0.1, 0.15) is 10.8 Å². The Hall–Kier alpha value is -3.74. The summed E-state index contributed by atoms with van der Waals surface area (Å²) in [6, 6.07) is 19.6. The number of aryl methyl sites for hydroxylation is 1. The van der Waals surface area contributed by atoms with Crippen molar-refractivity contribution in [1.82, 2.24) is 9.97 Å². The van der Waals surface area contributed by atoms with E-state index in [1.807, 2.05) is 61.5 Å². The lowest BCUT2D eigenvalue weighted by molar-refractivity contribution is -0.136. The maximum atomic E-state index is 11.7. The monoisotopic (exact) mass is 500 g/mol. The first-order chi connectivity index (χ1) is 16.9. The number of rotatable bonds is 6. The second-order valence-corrected chi connectivity index (χ2v) is 9.62. The van der Waals surface area contributed by atoms with Gasteiger partial charge < -0.3 is 9.84 Å². The van der Waals surface area contributed by atoms with Gasteiger partial charge in [-0.05, 0) is 59.5 Å². The first-order valence-electron chi connectivity index (χ1n) is 10.9. The first kappa shape index (κ1) is 23.0. The molecule has 7 heteroatoms. The lowest BCUT2D eigenvalue weighted by Crippen LogP contribution is -2.04. The number of pyridine rings is 1. The smallest absolute Gasteiger partial charge is 0.307 e. The number of carboxylic acid groups (broad SMARTS) is 1. The molecule has 35 heavy (non-hydrogen) atoms. The highest BCUT2D eigenvalue weighted by Crippen LogP contribution is 2.41. The van der Waals surface area contributed by atoms with E-state index in [1.165, 1.54) is 0 Å². The molecule has 0 aliphatic heterocycles. The summed E-state index contributed by atoms with van der Waals surface area (Å²) in [5.74, 6) is -0.172. The topological polar surface area (TPSA) is 72.3 Å². The molecule has 0 saturated carbocycles. The predicted octanol–water partition coefficient (Wildman–Crippen LogP) is 7.29. The number of benzene rings is 3. The fourth-order valence-electron chi connectivity index (χ4n) is 4.18. The van der Waals surface area contributed by atoms with Crippen LogP contribution in [0.4, 0.5) is 0 Å². The van der Waals surface area contributed by atoms with Crippen LogP contribution in [0.25, 0.3) is 43.0 Å². The molecule has 0 aliphatic carbocycles. The van der Waals surface area contributed by atoms with Crippen LogP contribution >= 0.6 is 22.9 Å². The molecule has 0 atom stereocenters. The Morgan fingerprint density at radius 2 is 1.77 bits per heavy atom. The van der Waals surface area contributed by atoms with Crippen molar-refractivity contribution in [3.05, 3.63) is 89.2 Å². The molecule has 0 fully saturated rings. The molecule has 5 nitrogen and oxygen atoms in total. The fourth-order valence-corrected chi connectivity index (χ4v) is 5.44. The van der Waals surface area contributed by atoms with Crippen molar-refractivity contribution in [3.8, 4) is 38.6 Å². The van der Waals surface area contributed by atoms with Gasteiger partial charge >= 0.3 is 5.97 Å². The summed E-state index contributed by atoms with van der Waals surface area (Å²) < 4.78 is 6.28. The number of methoxy groups -OCH3 is 1. The van der Waals surface area contributed by atoms with Crippen molar-refractivity contribution < 1.29 is 14.6 Å². The number of halogens is 1. The second-order valence-electron chi connectivity index (χ2n) is 8.19. The number of aromatic nitrogens is 2. The van der Waals surface area contributed by atoms with Gasteiger partial charge in [-0.3, -0.25) is 9.78 Å². The lowest BCUT2D eigenvalue weighted by Gasteiger charge is -2.13. The number of hydrogen-bond acceptors (Lipinski definition) is 5. The summed E-state index contributed by atoms with van der Waals surface area (Å²) in [6.07, 6.45) is 3.42. The average Bonchev–Trinajstić information content (AvgIpc) is 3.28. The van der Waals surface area contributed by atoms with E-state index in [1.54, 1.807) is 30.8 Å². The summed E-state index contributed by atoms with van der Waals surface area (Å²) in [7, 11) is 1.62. The Bertz CT molecular complexity index is 1560. The summed E-state index contributed by atoms with van der Waals surface area (Å²) in [5.41, 5.74) is 7.29. The van der Waals surface area contributed by atoms with Crippen molar-refractivity contribution in [2.45, 2.75) is 13.3 Å². The highest BCUT2D eigenvalue weighted by atomic mass is 35.5. The first-order valence-corrected chi connectivity index (χ1v) is 12.1. The number of carboxylic acids is 1. The number of thiazole rings is 1. The third kappa shape index (κ3) is 4.63. The van der Waals surface area contributed by atoms with Crippen LogP contribution in [0.15, 0.2) is 73.1 Å². The molecular weight excluding hydrogens is 480 g/mol. The summed E-state index contributed by atoms with van der Waals surface area (Å²) >= 11 is 7.69. The van der Waals surface area contributed by atoms with E-state index >= 15 is 0 Å². The zero-order chi connectivity index (χ0) is 24.5. The zero-order valence-electron chi connectivity index (χ0n) is 19.1. The SMILES string of the molecule is COc1cncc(-c2cccc(-c3nc4cc(C)c(CC(=O)O)c(-c5ccc(Cl)cc5)c4s3)c2)c1. The highest BCUT2D eigenvalue weighted by molar-refractivity contribution is 7.22. The molecule has 3 aromatic carbocycles. The van der Waals surface area contributed by atoms with E-state index in [9.17, 15) is 9.90 Å². The van der Waals surface area contributed by atoms with E-state index in [4.69, 9.17) is 21.3 Å². The number of nitrogens with zero attached hydrogens (tertiary/aromatic N) is 2. The molecular formula is C28H21ClN2O3S. The van der Waals surface area contributed by atoms with Gasteiger partial charge in [0.05, 0.1) is 29.9 Å². The normalized spacial score (nSPS) is 11.1. The van der Waals surface area contributed by atoms with E-state index < -0.39 is 5.97 Å². The van der Waals surface area contributed by atoms with Crippen LogP contribution < -0.4 is 4.74 Å². The van der Waals surface area contributed by atoms with Crippen molar-refractivity contribution in [3.63, 3.8) is 0 Å². The van der Waals surface area contributed by atoms with Gasteiger partial charge in [-0.1, -0.05) is 41.9 Å². The quantitative estimate of drug-likeness (QED) is 0.265. The van der Waals surface area contributed by atoms with Crippen LogP contribution in [0.5, 0.6) is 5.75 Å². The van der Waals surface area contributed by atoms with E-state index in [0.717, 1.165) is 54.2 Å². The van der Waals surface area contributed by atoms with E-state index in [2.05, 4.69) is 11.1 Å². The summed E-state index contributed by atoms with van der Waals surface area (Å²) in [4.78, 5) is 20.9. The van der Waals surface area contributed by atoms with E-state index in [0.29, 0.717) is 10.8 Å². The maximum absolute atomic E-state index is 11.7. The molecule has 0 aliphatic rings. The third-order valence-electron chi connectivity index (χ3n) is 5.86. The Morgan fingerprint density at radius 1 is 1.00 bits per heavy atom. The molecule has 0 radical (unpaired) electrons. The van der Waals surface area contributed by atoms with Crippen molar-refractivity contribution in [2.24, 2.45) is 0 Å². The molecule has 5 aromatic rings. The van der Waals surface area contributed by atoms with Gasteiger partial charge in [0.15, 0.2) is 0 Å². The Labute approximate surface area is 211 Å². The predicted molar refractivity (Wildman–Crippen MR) is 141 cm³/mol. The number of aliphatic carboxylic acids is 1. The number of ether oxygens (including phenoxy) is 1. The number of carbonyl (C=O) groups is 1. The molecule has 5 rings (SSSR count). The van der Waals surface area contributed by atoms with Crippen LogP contribution in [0.3, 0.4) is 0 Å².